The van der Waals surface area contributed by atoms with Gasteiger partial charge >= 0.3 is 0 Å². The largest absolute Gasteiger partial charge is 0.367 e. The van der Waals surface area contributed by atoms with Gasteiger partial charge in [0.05, 0.1) is 30.3 Å². The highest BCUT2D eigenvalue weighted by Gasteiger charge is 2.23. The molecule has 0 N–H and O–H groups in total. The van der Waals surface area contributed by atoms with E-state index in [-0.39, 0.29) is 5.91 Å². The second-order valence-electron chi connectivity index (χ2n) is 7.29. The van der Waals surface area contributed by atoms with E-state index in [1.54, 1.807) is 24.9 Å². The summed E-state index contributed by atoms with van der Waals surface area (Å²) in [6, 6.07) is 9.73. The molecule has 0 atom stereocenters. The van der Waals surface area contributed by atoms with Crippen molar-refractivity contribution in [3.8, 4) is 0 Å². The van der Waals surface area contributed by atoms with Crippen LogP contribution in [0.5, 0.6) is 0 Å². The van der Waals surface area contributed by atoms with Gasteiger partial charge in [-0.1, -0.05) is 6.07 Å². The summed E-state index contributed by atoms with van der Waals surface area (Å²) < 4.78 is 1.97. The first-order valence-electron chi connectivity index (χ1n) is 9.92. The van der Waals surface area contributed by atoms with Crippen molar-refractivity contribution in [1.29, 1.82) is 0 Å². The summed E-state index contributed by atoms with van der Waals surface area (Å²) in [5.41, 5.74) is 4.22. The van der Waals surface area contributed by atoms with Crippen molar-refractivity contribution >= 4 is 22.8 Å². The van der Waals surface area contributed by atoms with E-state index in [2.05, 4.69) is 24.8 Å². The lowest BCUT2D eigenvalue weighted by molar-refractivity contribution is 0.0746. The van der Waals surface area contributed by atoms with E-state index < -0.39 is 0 Å². The first-order valence-corrected chi connectivity index (χ1v) is 9.92. The second-order valence-corrected chi connectivity index (χ2v) is 7.29. The van der Waals surface area contributed by atoms with Crippen molar-refractivity contribution in [2.45, 2.75) is 6.54 Å². The monoisotopic (exact) mass is 399 g/mol. The Kier molecular flexibility index (Phi) is 4.80. The predicted octanol–water partition coefficient (Wildman–Crippen LogP) is 2.23. The molecule has 4 aromatic rings. The van der Waals surface area contributed by atoms with Crippen molar-refractivity contribution in [3.05, 3.63) is 78.8 Å². The van der Waals surface area contributed by atoms with Crippen LogP contribution in [0.1, 0.15) is 15.9 Å². The molecule has 0 radical (unpaired) electrons. The van der Waals surface area contributed by atoms with Gasteiger partial charge < -0.3 is 14.4 Å². The SMILES string of the molecule is O=C(c1cnc2c(c1)ncn2Cc1cccnc1)N1CCN(c2cccnc2)CC1. The van der Waals surface area contributed by atoms with Crippen LogP contribution in [0.2, 0.25) is 0 Å². The summed E-state index contributed by atoms with van der Waals surface area (Å²) in [7, 11) is 0. The van der Waals surface area contributed by atoms with Crippen LogP contribution >= 0.6 is 0 Å². The number of imidazole rings is 1. The zero-order valence-corrected chi connectivity index (χ0v) is 16.4. The fourth-order valence-corrected chi connectivity index (χ4v) is 3.76. The molecule has 0 saturated carbocycles. The van der Waals surface area contributed by atoms with Gasteiger partial charge in [-0.05, 0) is 29.8 Å². The highest BCUT2D eigenvalue weighted by Crippen LogP contribution is 2.18. The number of piperazine rings is 1. The van der Waals surface area contributed by atoms with E-state index in [1.807, 2.05) is 52.2 Å². The zero-order chi connectivity index (χ0) is 20.3. The molecule has 1 amide bonds. The molecular weight excluding hydrogens is 378 g/mol. The molecule has 5 heterocycles. The highest BCUT2D eigenvalue weighted by atomic mass is 16.2. The molecule has 5 rings (SSSR count). The Morgan fingerprint density at radius 2 is 1.73 bits per heavy atom. The van der Waals surface area contributed by atoms with Crippen LogP contribution in [0.3, 0.4) is 0 Å². The van der Waals surface area contributed by atoms with Crippen LogP contribution < -0.4 is 4.90 Å². The minimum Gasteiger partial charge on any atom is -0.367 e. The van der Waals surface area contributed by atoms with Crippen LogP contribution in [0.4, 0.5) is 5.69 Å². The standard InChI is InChI=1S/C22H21N7O/c30-22(28-9-7-27(8-10-28)19-4-2-6-24-14-19)18-11-20-21(25-13-18)29(16-26-20)15-17-3-1-5-23-12-17/h1-6,11-14,16H,7-10,15H2. The molecule has 1 aliphatic rings. The molecule has 0 spiro atoms. The maximum atomic E-state index is 13.0. The van der Waals surface area contributed by atoms with Gasteiger partial charge in [0.15, 0.2) is 5.65 Å². The number of hydrogen-bond acceptors (Lipinski definition) is 6. The Morgan fingerprint density at radius 3 is 2.47 bits per heavy atom. The quantitative estimate of drug-likeness (QED) is 0.524. The van der Waals surface area contributed by atoms with Gasteiger partial charge in [0.25, 0.3) is 5.91 Å². The van der Waals surface area contributed by atoms with Crippen LogP contribution in [-0.2, 0) is 6.54 Å². The molecule has 0 aliphatic carbocycles. The fraction of sp³-hybridized carbons (Fsp3) is 0.227. The minimum absolute atomic E-state index is 0.00274. The molecule has 150 valence electrons. The number of amides is 1. The van der Waals surface area contributed by atoms with Crippen LogP contribution in [-0.4, -0.2) is 61.5 Å². The van der Waals surface area contributed by atoms with Crippen LogP contribution in [0.15, 0.2) is 67.6 Å². The van der Waals surface area contributed by atoms with Crippen LogP contribution in [0.25, 0.3) is 11.2 Å². The normalized spacial score (nSPS) is 14.3. The zero-order valence-electron chi connectivity index (χ0n) is 16.4. The maximum Gasteiger partial charge on any atom is 0.255 e. The van der Waals surface area contributed by atoms with Crippen molar-refractivity contribution in [2.75, 3.05) is 31.1 Å². The third-order valence-electron chi connectivity index (χ3n) is 5.36. The fourth-order valence-electron chi connectivity index (χ4n) is 3.76. The summed E-state index contributed by atoms with van der Waals surface area (Å²) >= 11 is 0. The summed E-state index contributed by atoms with van der Waals surface area (Å²) in [5, 5.41) is 0. The maximum absolute atomic E-state index is 13.0. The van der Waals surface area contributed by atoms with Gasteiger partial charge in [0, 0.05) is 51.0 Å². The number of carbonyl (C=O) groups is 1. The van der Waals surface area contributed by atoms with Crippen molar-refractivity contribution < 1.29 is 4.79 Å². The summed E-state index contributed by atoms with van der Waals surface area (Å²) in [6.07, 6.45) is 10.6. The number of pyridine rings is 3. The van der Waals surface area contributed by atoms with Gasteiger partial charge in [-0.2, -0.15) is 0 Å². The van der Waals surface area contributed by atoms with E-state index in [9.17, 15) is 4.79 Å². The molecule has 1 aliphatic heterocycles. The molecule has 0 unspecified atom stereocenters. The Balaban J connectivity index is 1.29. The Labute approximate surface area is 173 Å². The van der Waals surface area contributed by atoms with Crippen LogP contribution in [0, 0.1) is 0 Å². The van der Waals surface area contributed by atoms with E-state index in [1.165, 1.54) is 0 Å². The van der Waals surface area contributed by atoms with E-state index in [4.69, 9.17) is 0 Å². The molecule has 4 aromatic heterocycles. The Bertz CT molecular complexity index is 1150. The molecule has 8 nitrogen and oxygen atoms in total. The molecule has 0 aromatic carbocycles. The smallest absolute Gasteiger partial charge is 0.255 e. The number of hydrogen-bond donors (Lipinski definition) is 0. The molecular formula is C22H21N7O. The number of fused-ring (bicyclic) bond motifs is 1. The minimum atomic E-state index is -0.00274. The first-order chi connectivity index (χ1) is 14.8. The summed E-state index contributed by atoms with van der Waals surface area (Å²) in [4.78, 5) is 34.4. The number of nitrogens with zero attached hydrogens (tertiary/aromatic N) is 7. The second kappa shape index (κ2) is 7.90. The molecule has 8 heteroatoms. The number of aromatic nitrogens is 5. The summed E-state index contributed by atoms with van der Waals surface area (Å²) in [6.45, 7) is 3.54. The number of rotatable bonds is 4. The van der Waals surface area contributed by atoms with Gasteiger partial charge in [-0.25, -0.2) is 9.97 Å². The summed E-state index contributed by atoms with van der Waals surface area (Å²) in [5.74, 6) is -0.00274. The van der Waals surface area contributed by atoms with Gasteiger partial charge in [-0.15, -0.1) is 0 Å². The Hall–Kier alpha value is -3.81. The number of carbonyl (C=O) groups excluding carboxylic acids is 1. The van der Waals surface area contributed by atoms with E-state index in [0.717, 1.165) is 35.5 Å². The van der Waals surface area contributed by atoms with E-state index >= 15 is 0 Å². The topological polar surface area (TPSA) is 80.0 Å². The molecule has 30 heavy (non-hydrogen) atoms. The third kappa shape index (κ3) is 3.59. The van der Waals surface area contributed by atoms with E-state index in [0.29, 0.717) is 25.2 Å². The Morgan fingerprint density at radius 1 is 0.933 bits per heavy atom. The molecule has 1 fully saturated rings. The highest BCUT2D eigenvalue weighted by molar-refractivity contribution is 5.96. The van der Waals surface area contributed by atoms with Crippen molar-refractivity contribution in [2.24, 2.45) is 0 Å². The molecule has 1 saturated heterocycles. The molecule has 0 bridgehead atoms. The average Bonchev–Trinajstić information content (AvgIpc) is 3.22. The lowest BCUT2D eigenvalue weighted by Crippen LogP contribution is -2.48. The lowest BCUT2D eigenvalue weighted by atomic mass is 10.2. The lowest BCUT2D eigenvalue weighted by Gasteiger charge is -2.35. The average molecular weight is 399 g/mol. The third-order valence-corrected chi connectivity index (χ3v) is 5.36. The predicted molar refractivity (Wildman–Crippen MR) is 113 cm³/mol. The van der Waals surface area contributed by atoms with Crippen molar-refractivity contribution in [3.63, 3.8) is 0 Å². The van der Waals surface area contributed by atoms with Crippen molar-refractivity contribution in [1.82, 2.24) is 29.4 Å². The van der Waals surface area contributed by atoms with Gasteiger partial charge in [0.2, 0.25) is 0 Å². The number of anilines is 1. The van der Waals surface area contributed by atoms with Gasteiger partial charge in [-0.3, -0.25) is 14.8 Å². The first kappa shape index (κ1) is 18.2. The van der Waals surface area contributed by atoms with Gasteiger partial charge in [0.1, 0.15) is 5.52 Å².